The molecule has 1 aliphatic rings. The molecule has 1 aliphatic carbocycles. The Morgan fingerprint density at radius 3 is 1.94 bits per heavy atom. The van der Waals surface area contributed by atoms with Crippen molar-refractivity contribution in [2.75, 3.05) is 6.61 Å². The first-order valence-electron chi connectivity index (χ1n) is 11.2. The van der Waals surface area contributed by atoms with E-state index in [9.17, 15) is 19.5 Å². The van der Waals surface area contributed by atoms with Crippen LogP contribution in [0.15, 0.2) is 48.5 Å². The monoisotopic (exact) mass is 468 g/mol. The van der Waals surface area contributed by atoms with E-state index < -0.39 is 41.8 Å². The van der Waals surface area contributed by atoms with E-state index in [4.69, 9.17) is 9.47 Å². The molecule has 0 aliphatic heterocycles. The van der Waals surface area contributed by atoms with Crippen LogP contribution in [0.5, 0.6) is 0 Å². The Hall–Kier alpha value is -3.55. The van der Waals surface area contributed by atoms with Crippen molar-refractivity contribution in [1.82, 2.24) is 10.6 Å². The van der Waals surface area contributed by atoms with E-state index in [1.807, 2.05) is 48.5 Å². The molecule has 3 N–H and O–H groups in total. The minimum Gasteiger partial charge on any atom is -0.481 e. The number of amides is 2. The van der Waals surface area contributed by atoms with Crippen molar-refractivity contribution in [3.8, 4) is 11.1 Å². The van der Waals surface area contributed by atoms with Gasteiger partial charge in [0.15, 0.2) is 0 Å². The highest BCUT2D eigenvalue weighted by Gasteiger charge is 2.36. The molecule has 0 saturated heterocycles. The highest BCUT2D eigenvalue weighted by molar-refractivity contribution is 5.79. The van der Waals surface area contributed by atoms with E-state index in [1.165, 1.54) is 0 Å². The van der Waals surface area contributed by atoms with Crippen molar-refractivity contribution in [3.05, 3.63) is 59.7 Å². The van der Waals surface area contributed by atoms with Gasteiger partial charge in [-0.3, -0.25) is 4.79 Å². The number of fused-ring (bicyclic) bond motifs is 3. The number of carboxylic acids is 1. The predicted molar refractivity (Wildman–Crippen MR) is 128 cm³/mol. The molecule has 182 valence electrons. The largest absolute Gasteiger partial charge is 0.481 e. The second kappa shape index (κ2) is 9.75. The molecule has 0 heterocycles. The summed E-state index contributed by atoms with van der Waals surface area (Å²) in [5.41, 5.74) is 2.53. The van der Waals surface area contributed by atoms with E-state index in [0.717, 1.165) is 22.3 Å². The van der Waals surface area contributed by atoms with E-state index in [2.05, 4.69) is 10.6 Å². The number of hydrogen-bond acceptors (Lipinski definition) is 5. The Kier molecular flexibility index (Phi) is 7.19. The average molecular weight is 469 g/mol. The zero-order valence-corrected chi connectivity index (χ0v) is 20.2. The molecule has 0 aromatic heterocycles. The van der Waals surface area contributed by atoms with Crippen LogP contribution in [0.4, 0.5) is 9.59 Å². The lowest BCUT2D eigenvalue weighted by atomic mass is 9.92. The second-order valence-electron chi connectivity index (χ2n) is 9.97. The maximum Gasteiger partial charge on any atom is 0.408 e. The first-order chi connectivity index (χ1) is 15.9. The van der Waals surface area contributed by atoms with Gasteiger partial charge in [0.25, 0.3) is 0 Å². The third-order valence-electron chi connectivity index (χ3n) is 5.71. The van der Waals surface area contributed by atoms with Crippen LogP contribution in [-0.2, 0) is 14.3 Å². The number of ether oxygens (including phenoxy) is 2. The first-order valence-corrected chi connectivity index (χ1v) is 11.2. The third-order valence-corrected chi connectivity index (χ3v) is 5.71. The fourth-order valence-electron chi connectivity index (χ4n) is 4.10. The summed E-state index contributed by atoms with van der Waals surface area (Å²) < 4.78 is 10.8. The highest BCUT2D eigenvalue weighted by atomic mass is 16.6. The fraction of sp³-hybridized carbons (Fsp3) is 0.423. The number of hydrogen-bond donors (Lipinski definition) is 3. The van der Waals surface area contributed by atoms with Gasteiger partial charge in [0.05, 0.1) is 18.0 Å². The van der Waals surface area contributed by atoms with Gasteiger partial charge in [0.2, 0.25) is 0 Å². The summed E-state index contributed by atoms with van der Waals surface area (Å²) in [6.07, 6.45) is -1.87. The minimum atomic E-state index is -1.12. The molecule has 0 bridgehead atoms. The lowest BCUT2D eigenvalue weighted by Gasteiger charge is -2.35. The standard InChI is InChI=1S/C26H32N2O6/c1-25(2,3)34-24(32)28-26(4,5)21(14-22(29)30)27-23(31)33-15-20-18-12-8-6-10-16(18)17-11-7-9-13-19(17)20/h6-13,20-21H,14-15H2,1-5H3,(H,27,31)(H,28,32)(H,29,30). The number of rotatable bonds is 7. The van der Waals surface area contributed by atoms with Gasteiger partial charge in [0, 0.05) is 5.92 Å². The quantitative estimate of drug-likeness (QED) is 0.544. The molecule has 3 rings (SSSR count). The topological polar surface area (TPSA) is 114 Å². The molecule has 1 atom stereocenters. The van der Waals surface area contributed by atoms with Gasteiger partial charge >= 0.3 is 18.2 Å². The fourth-order valence-corrected chi connectivity index (χ4v) is 4.10. The summed E-state index contributed by atoms with van der Waals surface area (Å²) in [6, 6.07) is 15.0. The molecular formula is C26H32N2O6. The lowest BCUT2D eigenvalue weighted by molar-refractivity contribution is -0.138. The summed E-state index contributed by atoms with van der Waals surface area (Å²) in [6.45, 7) is 8.51. The Balaban J connectivity index is 1.69. The molecular weight excluding hydrogens is 436 g/mol. The van der Waals surface area contributed by atoms with Crippen molar-refractivity contribution in [1.29, 1.82) is 0 Å². The van der Waals surface area contributed by atoms with Crippen LogP contribution in [0, 0.1) is 0 Å². The summed E-state index contributed by atoms with van der Waals surface area (Å²) in [5.74, 6) is -1.24. The number of nitrogens with one attached hydrogen (secondary N) is 2. The van der Waals surface area contributed by atoms with Crippen LogP contribution in [-0.4, -0.2) is 47.1 Å². The van der Waals surface area contributed by atoms with E-state index in [-0.39, 0.29) is 12.5 Å². The van der Waals surface area contributed by atoms with Crippen molar-refractivity contribution >= 4 is 18.2 Å². The van der Waals surface area contributed by atoms with Crippen LogP contribution in [0.25, 0.3) is 11.1 Å². The number of benzene rings is 2. The maximum atomic E-state index is 12.7. The van der Waals surface area contributed by atoms with E-state index >= 15 is 0 Å². The van der Waals surface area contributed by atoms with Crippen molar-refractivity contribution in [3.63, 3.8) is 0 Å². The zero-order chi connectivity index (χ0) is 25.1. The molecule has 2 amide bonds. The molecule has 34 heavy (non-hydrogen) atoms. The van der Waals surface area contributed by atoms with Gasteiger partial charge in [0.1, 0.15) is 12.2 Å². The molecule has 8 heteroatoms. The normalized spacial score (nSPS) is 13.9. The van der Waals surface area contributed by atoms with Crippen LogP contribution in [0.3, 0.4) is 0 Å². The third kappa shape index (κ3) is 6.07. The Bertz CT molecular complexity index is 1030. The Labute approximate surface area is 199 Å². The lowest BCUT2D eigenvalue weighted by Crippen LogP contribution is -2.60. The van der Waals surface area contributed by atoms with Crippen LogP contribution < -0.4 is 10.6 Å². The molecule has 0 saturated carbocycles. The molecule has 1 unspecified atom stereocenters. The number of carbonyl (C=O) groups is 3. The number of carboxylic acid groups (broad SMARTS) is 1. The highest BCUT2D eigenvalue weighted by Crippen LogP contribution is 2.44. The molecule has 8 nitrogen and oxygen atoms in total. The van der Waals surface area contributed by atoms with Gasteiger partial charge in [-0.05, 0) is 56.9 Å². The van der Waals surface area contributed by atoms with Crippen LogP contribution in [0.1, 0.15) is 58.1 Å². The smallest absolute Gasteiger partial charge is 0.408 e. The Morgan fingerprint density at radius 1 is 0.912 bits per heavy atom. The van der Waals surface area contributed by atoms with Gasteiger partial charge in [-0.15, -0.1) is 0 Å². The molecule has 2 aromatic rings. The predicted octanol–water partition coefficient (Wildman–Crippen LogP) is 4.67. The summed E-state index contributed by atoms with van der Waals surface area (Å²) in [4.78, 5) is 36.4. The van der Waals surface area contributed by atoms with Crippen molar-refractivity contribution in [2.24, 2.45) is 0 Å². The van der Waals surface area contributed by atoms with E-state index in [0.29, 0.717) is 0 Å². The summed E-state index contributed by atoms with van der Waals surface area (Å²) >= 11 is 0. The number of aliphatic carboxylic acids is 1. The maximum absolute atomic E-state index is 12.7. The second-order valence-corrected chi connectivity index (χ2v) is 9.97. The number of alkyl carbamates (subject to hydrolysis) is 2. The summed E-state index contributed by atoms with van der Waals surface area (Å²) in [5, 5.41) is 14.6. The molecule has 2 aromatic carbocycles. The Morgan fingerprint density at radius 2 is 1.44 bits per heavy atom. The van der Waals surface area contributed by atoms with Crippen molar-refractivity contribution in [2.45, 2.75) is 64.1 Å². The zero-order valence-electron chi connectivity index (χ0n) is 20.2. The van der Waals surface area contributed by atoms with Gasteiger partial charge in [-0.2, -0.15) is 0 Å². The first kappa shape index (κ1) is 25.1. The average Bonchev–Trinajstić information content (AvgIpc) is 3.03. The molecule has 0 radical (unpaired) electrons. The number of carbonyl (C=O) groups excluding carboxylic acids is 2. The van der Waals surface area contributed by atoms with E-state index in [1.54, 1.807) is 34.6 Å². The van der Waals surface area contributed by atoms with Crippen LogP contribution >= 0.6 is 0 Å². The SMILES string of the molecule is CC(C)(C)OC(=O)NC(C)(C)C(CC(=O)O)NC(=O)OCC1c2ccccc2-c2ccccc21. The molecule has 0 fully saturated rings. The minimum absolute atomic E-state index is 0.0968. The van der Waals surface area contributed by atoms with Gasteiger partial charge in [-0.1, -0.05) is 48.5 Å². The molecule has 0 spiro atoms. The van der Waals surface area contributed by atoms with Gasteiger partial charge in [-0.25, -0.2) is 9.59 Å². The van der Waals surface area contributed by atoms with Crippen LogP contribution in [0.2, 0.25) is 0 Å². The van der Waals surface area contributed by atoms with Gasteiger partial charge < -0.3 is 25.2 Å². The van der Waals surface area contributed by atoms with Crippen molar-refractivity contribution < 1.29 is 29.0 Å². The summed E-state index contributed by atoms with van der Waals surface area (Å²) in [7, 11) is 0.